The Kier molecular flexibility index (Phi) is 4.27. The maximum absolute atomic E-state index is 10.9. The highest BCUT2D eigenvalue weighted by atomic mass is 16.5. The van der Waals surface area contributed by atoms with Crippen molar-refractivity contribution in [3.8, 4) is 0 Å². The minimum atomic E-state index is -0.316. The van der Waals surface area contributed by atoms with Crippen molar-refractivity contribution in [2.45, 2.75) is 6.92 Å². The topological polar surface area (TPSA) is 42.1 Å². The summed E-state index contributed by atoms with van der Waals surface area (Å²) in [5.41, 5.74) is 0.999. The van der Waals surface area contributed by atoms with E-state index in [9.17, 15) is 4.79 Å². The number of carbonyl (C=O) groups excluding carboxylic acids is 1. The van der Waals surface area contributed by atoms with Gasteiger partial charge in [-0.05, 0) is 25.1 Å². The van der Waals surface area contributed by atoms with Crippen molar-refractivity contribution in [1.82, 2.24) is 4.98 Å². The van der Waals surface area contributed by atoms with Crippen LogP contribution in [0.5, 0.6) is 0 Å². The van der Waals surface area contributed by atoms with E-state index in [1.165, 1.54) is 6.08 Å². The number of H-pyrrole nitrogens is 1. The van der Waals surface area contributed by atoms with E-state index in [1.54, 1.807) is 19.1 Å². The van der Waals surface area contributed by atoms with Gasteiger partial charge in [0.05, 0.1) is 6.61 Å². The first-order valence-electron chi connectivity index (χ1n) is 4.48. The van der Waals surface area contributed by atoms with Crippen LogP contribution in [0, 0.1) is 0 Å². The van der Waals surface area contributed by atoms with Crippen molar-refractivity contribution in [3.05, 3.63) is 42.3 Å². The molecule has 14 heavy (non-hydrogen) atoms. The predicted molar refractivity (Wildman–Crippen MR) is 55.6 cm³/mol. The Morgan fingerprint density at radius 3 is 3.07 bits per heavy atom. The average molecular weight is 191 g/mol. The highest BCUT2D eigenvalue weighted by Crippen LogP contribution is 1.97. The number of hydrogen-bond acceptors (Lipinski definition) is 2. The molecule has 0 bridgehead atoms. The fraction of sp³-hybridized carbons (Fsp3) is 0.182. The first kappa shape index (κ1) is 10.3. The molecule has 0 fully saturated rings. The van der Waals surface area contributed by atoms with E-state index in [-0.39, 0.29) is 5.97 Å². The second-order valence-corrected chi connectivity index (χ2v) is 2.60. The molecule has 0 aliphatic heterocycles. The lowest BCUT2D eigenvalue weighted by Crippen LogP contribution is -1.98. The fourth-order valence-corrected chi connectivity index (χ4v) is 0.932. The Morgan fingerprint density at radius 2 is 2.43 bits per heavy atom. The zero-order chi connectivity index (χ0) is 10.2. The first-order chi connectivity index (χ1) is 6.83. The van der Waals surface area contributed by atoms with Crippen LogP contribution in [-0.2, 0) is 9.53 Å². The minimum absolute atomic E-state index is 0.316. The van der Waals surface area contributed by atoms with Crippen LogP contribution in [0.2, 0.25) is 0 Å². The van der Waals surface area contributed by atoms with Gasteiger partial charge >= 0.3 is 5.97 Å². The highest BCUT2D eigenvalue weighted by molar-refractivity contribution is 5.82. The van der Waals surface area contributed by atoms with Crippen LogP contribution in [0.4, 0.5) is 0 Å². The number of nitrogens with one attached hydrogen (secondary N) is 1. The molecule has 0 aliphatic carbocycles. The fourth-order valence-electron chi connectivity index (χ4n) is 0.932. The number of ether oxygens (including phenoxy) is 1. The highest BCUT2D eigenvalue weighted by Gasteiger charge is 1.90. The SMILES string of the molecule is CCOC(=O)/C=C/C=C/c1ccc[nH]1. The lowest BCUT2D eigenvalue weighted by atomic mass is 10.3. The van der Waals surface area contributed by atoms with Crippen LogP contribution >= 0.6 is 0 Å². The molecule has 0 radical (unpaired) electrons. The zero-order valence-electron chi connectivity index (χ0n) is 8.07. The Hall–Kier alpha value is -1.77. The maximum atomic E-state index is 10.9. The number of allylic oxidation sites excluding steroid dienone is 2. The largest absolute Gasteiger partial charge is 0.463 e. The van der Waals surface area contributed by atoms with Gasteiger partial charge in [-0.15, -0.1) is 0 Å². The van der Waals surface area contributed by atoms with Crippen molar-refractivity contribution >= 4 is 12.0 Å². The number of esters is 1. The molecule has 0 unspecified atom stereocenters. The molecule has 0 atom stereocenters. The average Bonchev–Trinajstić information content (AvgIpc) is 2.65. The molecule has 0 spiro atoms. The molecule has 0 amide bonds. The summed E-state index contributed by atoms with van der Waals surface area (Å²) in [5, 5.41) is 0. The second kappa shape index (κ2) is 5.80. The summed E-state index contributed by atoms with van der Waals surface area (Å²) in [6, 6.07) is 3.85. The first-order valence-corrected chi connectivity index (χ1v) is 4.48. The van der Waals surface area contributed by atoms with Gasteiger partial charge in [0.25, 0.3) is 0 Å². The van der Waals surface area contributed by atoms with Crippen molar-refractivity contribution in [2.24, 2.45) is 0 Å². The number of carbonyl (C=O) groups is 1. The van der Waals surface area contributed by atoms with E-state index < -0.39 is 0 Å². The number of hydrogen-bond donors (Lipinski definition) is 1. The van der Waals surface area contributed by atoms with Crippen LogP contribution < -0.4 is 0 Å². The van der Waals surface area contributed by atoms with E-state index in [1.807, 2.05) is 24.4 Å². The van der Waals surface area contributed by atoms with Crippen LogP contribution in [0.1, 0.15) is 12.6 Å². The van der Waals surface area contributed by atoms with Gasteiger partial charge in [0, 0.05) is 18.0 Å². The summed E-state index contributed by atoms with van der Waals surface area (Å²) >= 11 is 0. The Bertz CT molecular complexity index is 323. The summed E-state index contributed by atoms with van der Waals surface area (Å²) in [4.78, 5) is 13.9. The summed E-state index contributed by atoms with van der Waals surface area (Å²) in [6.45, 7) is 2.18. The van der Waals surface area contributed by atoms with Gasteiger partial charge in [-0.1, -0.05) is 12.2 Å². The summed E-state index contributed by atoms with van der Waals surface area (Å²) in [7, 11) is 0. The van der Waals surface area contributed by atoms with E-state index in [2.05, 4.69) is 4.98 Å². The molecule has 0 aromatic carbocycles. The van der Waals surface area contributed by atoms with Gasteiger partial charge < -0.3 is 9.72 Å². The summed E-state index contributed by atoms with van der Waals surface area (Å²) in [6.07, 6.45) is 8.54. The van der Waals surface area contributed by atoms with Crippen molar-refractivity contribution < 1.29 is 9.53 Å². The quantitative estimate of drug-likeness (QED) is 0.450. The lowest BCUT2D eigenvalue weighted by Gasteiger charge is -1.92. The van der Waals surface area contributed by atoms with Gasteiger partial charge in [0.2, 0.25) is 0 Å². The third kappa shape index (κ3) is 3.76. The molecule has 1 aromatic heterocycles. The smallest absolute Gasteiger partial charge is 0.330 e. The monoisotopic (exact) mass is 191 g/mol. The van der Waals surface area contributed by atoms with Gasteiger partial charge in [0.1, 0.15) is 0 Å². The zero-order valence-corrected chi connectivity index (χ0v) is 8.07. The Morgan fingerprint density at radius 1 is 1.57 bits per heavy atom. The van der Waals surface area contributed by atoms with Crippen molar-refractivity contribution in [3.63, 3.8) is 0 Å². The predicted octanol–water partition coefficient (Wildman–Crippen LogP) is 2.15. The van der Waals surface area contributed by atoms with Gasteiger partial charge in [-0.3, -0.25) is 0 Å². The maximum Gasteiger partial charge on any atom is 0.330 e. The molecule has 3 heteroatoms. The number of rotatable bonds is 4. The van der Waals surface area contributed by atoms with Crippen LogP contribution in [-0.4, -0.2) is 17.6 Å². The van der Waals surface area contributed by atoms with E-state index in [0.29, 0.717) is 6.61 Å². The van der Waals surface area contributed by atoms with Crippen LogP contribution in [0.15, 0.2) is 36.6 Å². The van der Waals surface area contributed by atoms with Crippen LogP contribution in [0.25, 0.3) is 6.08 Å². The van der Waals surface area contributed by atoms with Crippen molar-refractivity contribution in [1.29, 1.82) is 0 Å². The molecule has 1 N–H and O–H groups in total. The second-order valence-electron chi connectivity index (χ2n) is 2.60. The number of aromatic nitrogens is 1. The molecule has 1 heterocycles. The van der Waals surface area contributed by atoms with Crippen LogP contribution in [0.3, 0.4) is 0 Å². The lowest BCUT2D eigenvalue weighted by molar-refractivity contribution is -0.137. The molecule has 74 valence electrons. The molecule has 0 saturated carbocycles. The minimum Gasteiger partial charge on any atom is -0.463 e. The standard InChI is InChI=1S/C11H13NO2/c1-2-14-11(13)8-4-3-6-10-7-5-9-12-10/h3-9,12H,2H2,1H3/b6-3+,8-4+. The van der Waals surface area contributed by atoms with E-state index in [4.69, 9.17) is 4.74 Å². The van der Waals surface area contributed by atoms with E-state index in [0.717, 1.165) is 5.69 Å². The molecule has 1 aromatic rings. The third-order valence-electron chi connectivity index (χ3n) is 1.53. The normalized spacial score (nSPS) is 11.2. The number of aromatic amines is 1. The Balaban J connectivity index is 2.36. The molecule has 3 nitrogen and oxygen atoms in total. The molecule has 0 saturated heterocycles. The Labute approximate surface area is 83.1 Å². The molecule has 0 aliphatic rings. The summed E-state index contributed by atoms with van der Waals surface area (Å²) < 4.78 is 4.71. The molecular formula is C11H13NO2. The van der Waals surface area contributed by atoms with Crippen molar-refractivity contribution in [2.75, 3.05) is 6.61 Å². The molecule has 1 rings (SSSR count). The molecular weight excluding hydrogens is 178 g/mol. The van der Waals surface area contributed by atoms with Gasteiger partial charge in [-0.25, -0.2) is 4.79 Å². The summed E-state index contributed by atoms with van der Waals surface area (Å²) in [5.74, 6) is -0.316. The van der Waals surface area contributed by atoms with E-state index >= 15 is 0 Å². The van der Waals surface area contributed by atoms with Gasteiger partial charge in [-0.2, -0.15) is 0 Å². The third-order valence-corrected chi connectivity index (χ3v) is 1.53. The van der Waals surface area contributed by atoms with Gasteiger partial charge in [0.15, 0.2) is 0 Å².